The maximum atomic E-state index is 11.7. The number of ether oxygens (including phenoxy) is 1. The first kappa shape index (κ1) is 17.3. The lowest BCUT2D eigenvalue weighted by Gasteiger charge is -2.10. The van der Waals surface area contributed by atoms with Crippen LogP contribution in [0.3, 0.4) is 0 Å². The van der Waals surface area contributed by atoms with E-state index < -0.39 is 17.8 Å². The fourth-order valence-electron chi connectivity index (χ4n) is 2.10. The average molecular weight is 330 g/mol. The van der Waals surface area contributed by atoms with Gasteiger partial charge in [-0.2, -0.15) is 0 Å². The summed E-state index contributed by atoms with van der Waals surface area (Å²) in [7, 11) is 0. The molecule has 2 aromatic rings. The predicted octanol–water partition coefficient (Wildman–Crippen LogP) is 1.62. The van der Waals surface area contributed by atoms with E-state index in [2.05, 4.69) is 10.9 Å². The molecule has 0 unspecified atom stereocenters. The van der Waals surface area contributed by atoms with Crippen LogP contribution in [0.4, 0.5) is 0 Å². The fourth-order valence-corrected chi connectivity index (χ4v) is 2.10. The summed E-state index contributed by atoms with van der Waals surface area (Å²) in [5.41, 5.74) is 4.45. The van der Waals surface area contributed by atoms with Crippen LogP contribution in [0.25, 0.3) is 10.8 Å². The maximum absolute atomic E-state index is 11.7. The lowest BCUT2D eigenvalue weighted by atomic mass is 10.1. The molecule has 0 radical (unpaired) electrons. The Morgan fingerprint density at radius 3 is 2.42 bits per heavy atom. The molecule has 7 nitrogen and oxygen atoms in total. The second kappa shape index (κ2) is 8.52. The van der Waals surface area contributed by atoms with Gasteiger partial charge in [-0.1, -0.05) is 36.4 Å². The third-order valence-corrected chi connectivity index (χ3v) is 3.24. The monoisotopic (exact) mass is 330 g/mol. The van der Waals surface area contributed by atoms with Crippen molar-refractivity contribution in [3.8, 4) is 5.75 Å². The minimum absolute atomic E-state index is 0.0246. The second-order valence-electron chi connectivity index (χ2n) is 5.11. The third kappa shape index (κ3) is 5.28. The van der Waals surface area contributed by atoms with Crippen LogP contribution in [0.2, 0.25) is 0 Å². The van der Waals surface area contributed by atoms with Crippen molar-refractivity contribution in [2.24, 2.45) is 0 Å². The smallest absolute Gasteiger partial charge is 0.303 e. The number of fused-ring (bicyclic) bond motifs is 1. The quantitative estimate of drug-likeness (QED) is 0.669. The molecule has 0 fully saturated rings. The Morgan fingerprint density at radius 1 is 0.917 bits per heavy atom. The number of amides is 2. The van der Waals surface area contributed by atoms with Crippen molar-refractivity contribution in [3.63, 3.8) is 0 Å². The highest BCUT2D eigenvalue weighted by Crippen LogP contribution is 2.24. The van der Waals surface area contributed by atoms with Gasteiger partial charge in [-0.25, -0.2) is 0 Å². The van der Waals surface area contributed by atoms with Gasteiger partial charge in [0, 0.05) is 18.2 Å². The zero-order valence-corrected chi connectivity index (χ0v) is 13.0. The molecule has 0 spiro atoms. The Morgan fingerprint density at radius 2 is 1.62 bits per heavy atom. The van der Waals surface area contributed by atoms with E-state index in [9.17, 15) is 14.4 Å². The van der Waals surface area contributed by atoms with Gasteiger partial charge in [0.05, 0.1) is 0 Å². The van der Waals surface area contributed by atoms with Crippen molar-refractivity contribution in [2.75, 3.05) is 6.61 Å². The summed E-state index contributed by atoms with van der Waals surface area (Å²) < 4.78 is 5.48. The molecule has 24 heavy (non-hydrogen) atoms. The zero-order valence-electron chi connectivity index (χ0n) is 13.0. The van der Waals surface area contributed by atoms with Crippen LogP contribution in [0.15, 0.2) is 42.5 Å². The number of carboxylic acid groups (broad SMARTS) is 1. The topological polar surface area (TPSA) is 105 Å². The molecule has 0 aromatic heterocycles. The van der Waals surface area contributed by atoms with Crippen molar-refractivity contribution < 1.29 is 24.2 Å². The largest absolute Gasteiger partial charge is 0.483 e. The molecule has 0 saturated carbocycles. The van der Waals surface area contributed by atoms with Gasteiger partial charge in [0.15, 0.2) is 6.61 Å². The Labute approximate surface area is 138 Å². The predicted molar refractivity (Wildman–Crippen MR) is 87.2 cm³/mol. The van der Waals surface area contributed by atoms with E-state index in [0.29, 0.717) is 5.75 Å². The molecule has 2 aromatic carbocycles. The van der Waals surface area contributed by atoms with E-state index in [1.807, 2.05) is 36.4 Å². The van der Waals surface area contributed by atoms with E-state index in [4.69, 9.17) is 9.84 Å². The standard InChI is InChI=1S/C17H18N2O5/c20-15(9-4-10-17(22)23)18-19-16(21)11-24-14-8-3-6-12-5-1-2-7-13(12)14/h1-3,5-8H,4,9-11H2,(H,18,20)(H,19,21)(H,22,23). The van der Waals surface area contributed by atoms with Crippen LogP contribution < -0.4 is 15.6 Å². The van der Waals surface area contributed by atoms with Gasteiger partial charge in [0.2, 0.25) is 5.91 Å². The van der Waals surface area contributed by atoms with Crippen molar-refractivity contribution in [3.05, 3.63) is 42.5 Å². The average Bonchev–Trinajstić information content (AvgIpc) is 2.57. The first-order chi connectivity index (χ1) is 11.6. The number of nitrogens with one attached hydrogen (secondary N) is 2. The summed E-state index contributed by atoms with van der Waals surface area (Å²) in [5, 5.41) is 10.4. The van der Waals surface area contributed by atoms with E-state index in [1.54, 1.807) is 6.07 Å². The molecular weight excluding hydrogens is 312 g/mol. The van der Waals surface area contributed by atoms with Crippen LogP contribution in [0, 0.1) is 0 Å². The summed E-state index contributed by atoms with van der Waals surface area (Å²) in [6.45, 7) is -0.247. The number of benzene rings is 2. The Bertz CT molecular complexity index is 739. The van der Waals surface area contributed by atoms with Gasteiger partial charge in [0.25, 0.3) is 5.91 Å². The molecule has 0 aliphatic carbocycles. The first-order valence-corrected chi connectivity index (χ1v) is 7.46. The summed E-state index contributed by atoms with van der Waals surface area (Å²) >= 11 is 0. The van der Waals surface area contributed by atoms with E-state index in [-0.39, 0.29) is 25.9 Å². The van der Waals surface area contributed by atoms with Crippen molar-refractivity contribution >= 4 is 28.6 Å². The number of hydrogen-bond donors (Lipinski definition) is 3. The van der Waals surface area contributed by atoms with Crippen LogP contribution in [0.1, 0.15) is 19.3 Å². The van der Waals surface area contributed by atoms with Crippen molar-refractivity contribution in [1.29, 1.82) is 0 Å². The highest BCUT2D eigenvalue weighted by molar-refractivity contribution is 5.89. The Hall–Kier alpha value is -3.09. The minimum atomic E-state index is -0.963. The SMILES string of the molecule is O=C(O)CCCC(=O)NNC(=O)COc1cccc2ccccc12. The van der Waals surface area contributed by atoms with Gasteiger partial charge < -0.3 is 9.84 Å². The zero-order chi connectivity index (χ0) is 17.4. The lowest BCUT2D eigenvalue weighted by Crippen LogP contribution is -2.43. The van der Waals surface area contributed by atoms with Gasteiger partial charge in [-0.3, -0.25) is 25.2 Å². The maximum Gasteiger partial charge on any atom is 0.303 e. The van der Waals surface area contributed by atoms with E-state index in [0.717, 1.165) is 10.8 Å². The molecule has 0 atom stereocenters. The number of aliphatic carboxylic acids is 1. The molecule has 2 rings (SSSR count). The van der Waals surface area contributed by atoms with E-state index >= 15 is 0 Å². The minimum Gasteiger partial charge on any atom is -0.483 e. The molecule has 7 heteroatoms. The third-order valence-electron chi connectivity index (χ3n) is 3.24. The van der Waals surface area contributed by atoms with Crippen LogP contribution >= 0.6 is 0 Å². The molecule has 0 saturated heterocycles. The van der Waals surface area contributed by atoms with Gasteiger partial charge in [-0.15, -0.1) is 0 Å². The molecule has 2 amide bonds. The summed E-state index contributed by atoms with van der Waals surface area (Å²) in [6.07, 6.45) is 0.145. The van der Waals surface area contributed by atoms with Gasteiger partial charge in [0.1, 0.15) is 5.75 Å². The van der Waals surface area contributed by atoms with Gasteiger partial charge >= 0.3 is 5.97 Å². The molecule has 0 aliphatic heterocycles. The molecule has 126 valence electrons. The number of carboxylic acids is 1. The Kier molecular flexibility index (Phi) is 6.13. The molecule has 0 aliphatic rings. The van der Waals surface area contributed by atoms with E-state index in [1.165, 1.54) is 0 Å². The molecular formula is C17H18N2O5. The Balaban J connectivity index is 1.76. The number of carbonyl (C=O) groups excluding carboxylic acids is 2. The fraction of sp³-hybridized carbons (Fsp3) is 0.235. The van der Waals surface area contributed by atoms with Crippen LogP contribution in [-0.2, 0) is 14.4 Å². The summed E-state index contributed by atoms with van der Waals surface area (Å²) in [4.78, 5) is 33.5. The second-order valence-corrected chi connectivity index (χ2v) is 5.11. The molecule has 0 bridgehead atoms. The number of rotatable bonds is 7. The molecule has 3 N–H and O–H groups in total. The number of carbonyl (C=O) groups is 3. The van der Waals surface area contributed by atoms with Crippen LogP contribution in [-0.4, -0.2) is 29.5 Å². The van der Waals surface area contributed by atoms with Crippen molar-refractivity contribution in [2.45, 2.75) is 19.3 Å². The van der Waals surface area contributed by atoms with Crippen LogP contribution in [0.5, 0.6) is 5.75 Å². The normalized spacial score (nSPS) is 10.2. The first-order valence-electron chi connectivity index (χ1n) is 7.46. The van der Waals surface area contributed by atoms with Gasteiger partial charge in [-0.05, 0) is 17.9 Å². The highest BCUT2D eigenvalue weighted by Gasteiger charge is 2.08. The highest BCUT2D eigenvalue weighted by atomic mass is 16.5. The lowest BCUT2D eigenvalue weighted by molar-refractivity contribution is -0.137. The number of hydrazine groups is 1. The van der Waals surface area contributed by atoms with Crippen molar-refractivity contribution in [1.82, 2.24) is 10.9 Å². The summed E-state index contributed by atoms with van der Waals surface area (Å²) in [5.74, 6) is -1.34. The number of hydrogen-bond acceptors (Lipinski definition) is 4. The summed E-state index contributed by atoms with van der Waals surface area (Å²) in [6, 6.07) is 13.2. The molecule has 0 heterocycles.